The first-order valence-corrected chi connectivity index (χ1v) is 13.7. The highest BCUT2D eigenvalue weighted by Crippen LogP contribution is 2.34. The van der Waals surface area contributed by atoms with Gasteiger partial charge in [-0.15, -0.1) is 11.3 Å². The van der Waals surface area contributed by atoms with Gasteiger partial charge in [0, 0.05) is 47.5 Å². The number of piperidine rings is 1. The highest BCUT2D eigenvalue weighted by molar-refractivity contribution is 7.18. The Morgan fingerprint density at radius 2 is 2.15 bits per heavy atom. The fourth-order valence-electron chi connectivity index (χ4n) is 5.28. The number of hydrogen-bond donors (Lipinski definition) is 3. The first kappa shape index (κ1) is 27.6. The molecule has 2 atom stereocenters. The van der Waals surface area contributed by atoms with Crippen molar-refractivity contribution in [3.63, 3.8) is 0 Å². The van der Waals surface area contributed by atoms with E-state index in [0.717, 1.165) is 46.3 Å². The molecule has 0 saturated carbocycles. The fourth-order valence-corrected chi connectivity index (χ4v) is 6.31. The van der Waals surface area contributed by atoms with E-state index in [1.54, 1.807) is 0 Å². The van der Waals surface area contributed by atoms with Crippen LogP contribution in [0.15, 0.2) is 43.2 Å². The molecule has 0 bridgehead atoms. The molecule has 3 N–H and O–H groups in total. The third kappa shape index (κ3) is 6.11. The third-order valence-electron chi connectivity index (χ3n) is 7.31. The molecule has 3 aromatic heterocycles. The molecule has 4 aromatic rings. The maximum atomic E-state index is 13.0. The van der Waals surface area contributed by atoms with Crippen molar-refractivity contribution in [3.05, 3.63) is 64.9 Å². The van der Waals surface area contributed by atoms with Gasteiger partial charge in [0.2, 0.25) is 5.91 Å². The highest BCUT2D eigenvalue weighted by Gasteiger charge is 2.31. The van der Waals surface area contributed by atoms with Crippen LogP contribution in [0.2, 0.25) is 0 Å². The predicted molar refractivity (Wildman–Crippen MR) is 149 cm³/mol. The zero-order valence-corrected chi connectivity index (χ0v) is 22.6. The SMILES string of the molecule is C=CC(=O)NCC1CC(Nc2ncnc3sc(CC(F)(F)F)cc23)CCN1Cc1ccc2[nH]c(C#N)cc2c1C. The van der Waals surface area contributed by atoms with E-state index in [1.165, 1.54) is 18.5 Å². The Balaban J connectivity index is 1.34. The van der Waals surface area contributed by atoms with E-state index in [1.807, 2.05) is 19.1 Å². The van der Waals surface area contributed by atoms with Gasteiger partial charge in [-0.05, 0) is 55.2 Å². The molecular formula is C28H28F3N7OS. The Labute approximate surface area is 232 Å². The summed E-state index contributed by atoms with van der Waals surface area (Å²) in [7, 11) is 0. The Bertz CT molecular complexity index is 1600. The summed E-state index contributed by atoms with van der Waals surface area (Å²) in [5.41, 5.74) is 3.66. The van der Waals surface area contributed by atoms with E-state index in [-0.39, 0.29) is 22.9 Å². The Kier molecular flexibility index (Phi) is 7.78. The number of halogens is 3. The van der Waals surface area contributed by atoms with E-state index in [2.05, 4.69) is 49.2 Å². The van der Waals surface area contributed by atoms with Gasteiger partial charge in [0.25, 0.3) is 0 Å². The fraction of sp³-hybridized carbons (Fsp3) is 0.357. The molecule has 1 aliphatic rings. The summed E-state index contributed by atoms with van der Waals surface area (Å²) < 4.78 is 38.9. The number of likely N-dealkylation sites (tertiary alicyclic amines) is 1. The third-order valence-corrected chi connectivity index (χ3v) is 8.35. The van der Waals surface area contributed by atoms with Crippen LogP contribution in [-0.4, -0.2) is 57.1 Å². The molecule has 0 radical (unpaired) electrons. The van der Waals surface area contributed by atoms with E-state index < -0.39 is 12.6 Å². The molecule has 4 heterocycles. The van der Waals surface area contributed by atoms with Gasteiger partial charge >= 0.3 is 6.18 Å². The molecule has 2 unspecified atom stereocenters. The summed E-state index contributed by atoms with van der Waals surface area (Å²) >= 11 is 1.03. The van der Waals surface area contributed by atoms with Crippen molar-refractivity contribution in [1.29, 1.82) is 5.26 Å². The second kappa shape index (κ2) is 11.3. The Morgan fingerprint density at radius 3 is 2.90 bits per heavy atom. The number of anilines is 1. The van der Waals surface area contributed by atoms with Crippen LogP contribution in [0.5, 0.6) is 0 Å². The van der Waals surface area contributed by atoms with E-state index >= 15 is 0 Å². The number of carbonyl (C=O) groups excluding carboxylic acids is 1. The van der Waals surface area contributed by atoms with Crippen LogP contribution in [0.1, 0.15) is 34.5 Å². The number of nitrogens with zero attached hydrogens (tertiary/aromatic N) is 4. The number of amides is 1. The minimum atomic E-state index is -4.29. The monoisotopic (exact) mass is 567 g/mol. The van der Waals surface area contributed by atoms with Crippen molar-refractivity contribution in [3.8, 4) is 6.07 Å². The van der Waals surface area contributed by atoms with Crippen molar-refractivity contribution >= 4 is 44.2 Å². The molecule has 8 nitrogen and oxygen atoms in total. The van der Waals surface area contributed by atoms with Gasteiger partial charge < -0.3 is 15.6 Å². The average Bonchev–Trinajstić information content (AvgIpc) is 3.53. The zero-order valence-electron chi connectivity index (χ0n) is 21.8. The number of H-pyrrole nitrogens is 1. The standard InChI is InChI=1S/C28H28F3N7OS/c1-3-25(39)33-13-20-8-18(37-26-23-10-21(11-28(29,30)31)40-27(23)35-15-34-26)6-7-38(20)14-17-4-5-24-22(16(17)2)9-19(12-32)36-24/h3-5,9-10,15,18,20,36H,1,6-8,11,13-14H2,2H3,(H,33,39)(H,34,35,37). The molecule has 208 valence electrons. The molecule has 12 heteroatoms. The first-order chi connectivity index (χ1) is 19.1. The first-order valence-electron chi connectivity index (χ1n) is 12.9. The number of aromatic amines is 1. The lowest BCUT2D eigenvalue weighted by molar-refractivity contribution is -0.126. The van der Waals surface area contributed by atoms with Gasteiger partial charge in [-0.2, -0.15) is 18.4 Å². The van der Waals surface area contributed by atoms with Crippen LogP contribution in [0.25, 0.3) is 21.1 Å². The van der Waals surface area contributed by atoms with Crippen LogP contribution >= 0.6 is 11.3 Å². The summed E-state index contributed by atoms with van der Waals surface area (Å²) in [5.74, 6) is 0.265. The summed E-state index contributed by atoms with van der Waals surface area (Å²) in [6, 6.07) is 9.56. The van der Waals surface area contributed by atoms with Gasteiger partial charge in [-0.25, -0.2) is 9.97 Å². The molecule has 1 fully saturated rings. The topological polar surface area (TPSA) is 110 Å². The molecule has 1 amide bonds. The van der Waals surface area contributed by atoms with E-state index in [4.69, 9.17) is 0 Å². The Hall–Kier alpha value is -3.95. The van der Waals surface area contributed by atoms with Gasteiger partial charge in [0.15, 0.2) is 0 Å². The molecule has 5 rings (SSSR count). The number of nitriles is 1. The predicted octanol–water partition coefficient (Wildman–Crippen LogP) is 5.20. The number of benzene rings is 1. The van der Waals surface area contributed by atoms with Crippen molar-refractivity contribution in [2.24, 2.45) is 0 Å². The lowest BCUT2D eigenvalue weighted by Gasteiger charge is -2.40. The molecule has 1 saturated heterocycles. The number of carbonyl (C=O) groups is 1. The van der Waals surface area contributed by atoms with Crippen molar-refractivity contribution in [1.82, 2.24) is 25.2 Å². The largest absolute Gasteiger partial charge is 0.393 e. The molecular weight excluding hydrogens is 539 g/mol. The van der Waals surface area contributed by atoms with Gasteiger partial charge in [0.1, 0.15) is 28.7 Å². The molecule has 40 heavy (non-hydrogen) atoms. The number of thiophene rings is 1. The number of rotatable bonds is 8. The summed E-state index contributed by atoms with van der Waals surface area (Å²) in [5, 5.41) is 17.2. The van der Waals surface area contributed by atoms with E-state index in [0.29, 0.717) is 41.2 Å². The van der Waals surface area contributed by atoms with Crippen LogP contribution in [0.4, 0.5) is 19.0 Å². The van der Waals surface area contributed by atoms with Crippen molar-refractivity contribution in [2.45, 2.75) is 51.0 Å². The number of fused-ring (bicyclic) bond motifs is 2. The summed E-state index contributed by atoms with van der Waals surface area (Å²) in [4.78, 5) is 26.6. The quantitative estimate of drug-likeness (QED) is 0.253. The Morgan fingerprint density at radius 1 is 1.32 bits per heavy atom. The van der Waals surface area contributed by atoms with Crippen molar-refractivity contribution in [2.75, 3.05) is 18.4 Å². The minimum absolute atomic E-state index is 0.00242. The van der Waals surface area contributed by atoms with Crippen molar-refractivity contribution < 1.29 is 18.0 Å². The average molecular weight is 568 g/mol. The number of aryl methyl sites for hydroxylation is 1. The molecule has 0 spiro atoms. The smallest absolute Gasteiger partial charge is 0.367 e. The van der Waals surface area contributed by atoms with Gasteiger partial charge in [0.05, 0.1) is 11.8 Å². The van der Waals surface area contributed by atoms with Crippen LogP contribution in [0.3, 0.4) is 0 Å². The maximum Gasteiger partial charge on any atom is 0.393 e. The van der Waals surface area contributed by atoms with Gasteiger partial charge in [-0.1, -0.05) is 12.6 Å². The van der Waals surface area contributed by atoms with Crippen LogP contribution < -0.4 is 10.6 Å². The molecule has 0 aliphatic carbocycles. The van der Waals surface area contributed by atoms with Crippen LogP contribution in [-0.2, 0) is 17.8 Å². The number of nitrogens with one attached hydrogen (secondary N) is 3. The van der Waals surface area contributed by atoms with E-state index in [9.17, 15) is 23.2 Å². The second-order valence-electron chi connectivity index (χ2n) is 9.99. The normalized spacial score (nSPS) is 18.1. The number of hydrogen-bond acceptors (Lipinski definition) is 7. The lowest BCUT2D eigenvalue weighted by atomic mass is 9.95. The lowest BCUT2D eigenvalue weighted by Crippen LogP contribution is -2.51. The summed E-state index contributed by atoms with van der Waals surface area (Å²) in [6.45, 7) is 7.40. The second-order valence-corrected chi connectivity index (χ2v) is 11.1. The minimum Gasteiger partial charge on any atom is -0.367 e. The molecule has 1 aromatic carbocycles. The molecule has 1 aliphatic heterocycles. The number of alkyl halides is 3. The summed E-state index contributed by atoms with van der Waals surface area (Å²) in [6.07, 6.45) is -1.21. The maximum absolute atomic E-state index is 13.0. The number of aromatic nitrogens is 3. The van der Waals surface area contributed by atoms with Crippen LogP contribution in [0, 0.1) is 18.3 Å². The van der Waals surface area contributed by atoms with Gasteiger partial charge in [-0.3, -0.25) is 9.69 Å². The zero-order chi connectivity index (χ0) is 28.4. The highest BCUT2D eigenvalue weighted by atomic mass is 32.1.